The molecule has 0 atom stereocenters. The zero-order valence-corrected chi connectivity index (χ0v) is 7.77. The maximum atomic E-state index is 4.92. The molecule has 0 unspecified atom stereocenters. The van der Waals surface area contributed by atoms with Crippen molar-refractivity contribution < 1.29 is 9.78 Å². The Morgan fingerprint density at radius 3 is 2.09 bits per heavy atom. The lowest BCUT2D eigenvalue weighted by Gasteiger charge is -2.01. The molecule has 0 heterocycles. The van der Waals surface area contributed by atoms with Crippen LogP contribution in [0.5, 0.6) is 0 Å². The van der Waals surface area contributed by atoms with Crippen LogP contribution in [0.25, 0.3) is 0 Å². The number of rotatable bonds is 8. The zero-order valence-electron chi connectivity index (χ0n) is 7.77. The summed E-state index contributed by atoms with van der Waals surface area (Å²) >= 11 is 0. The van der Waals surface area contributed by atoms with Crippen LogP contribution in [0.4, 0.5) is 0 Å². The predicted molar refractivity (Wildman–Crippen MR) is 46.3 cm³/mol. The Bertz CT molecular complexity index is 56.6. The molecule has 0 saturated heterocycles. The topological polar surface area (TPSA) is 18.5 Å². The monoisotopic (exact) mass is 160 g/mol. The van der Waals surface area contributed by atoms with Crippen molar-refractivity contribution in [2.75, 3.05) is 13.2 Å². The lowest BCUT2D eigenvalue weighted by molar-refractivity contribution is -0.294. The normalized spacial score (nSPS) is 10.4. The SMILES string of the molecule is CCCCCCOOCCC. The Kier molecular flexibility index (Phi) is 9.85. The summed E-state index contributed by atoms with van der Waals surface area (Å²) in [4.78, 5) is 9.78. The Balaban J connectivity index is 2.69. The average molecular weight is 160 g/mol. The quantitative estimate of drug-likeness (QED) is 0.309. The molecule has 0 aromatic rings. The third-order valence-electron chi connectivity index (χ3n) is 1.45. The van der Waals surface area contributed by atoms with E-state index in [2.05, 4.69) is 13.8 Å². The summed E-state index contributed by atoms with van der Waals surface area (Å²) in [5.74, 6) is 0. The van der Waals surface area contributed by atoms with Crippen molar-refractivity contribution in [3.8, 4) is 0 Å². The van der Waals surface area contributed by atoms with E-state index < -0.39 is 0 Å². The largest absolute Gasteiger partial charge is 0.237 e. The predicted octanol–water partition coefficient (Wildman–Crippen LogP) is 2.92. The van der Waals surface area contributed by atoms with E-state index in [0.717, 1.165) is 19.4 Å². The average Bonchev–Trinajstić information content (AvgIpc) is 2.03. The highest BCUT2D eigenvalue weighted by molar-refractivity contribution is 4.36. The van der Waals surface area contributed by atoms with Crippen LogP contribution in [-0.4, -0.2) is 13.2 Å². The van der Waals surface area contributed by atoms with Gasteiger partial charge in [0.25, 0.3) is 0 Å². The minimum absolute atomic E-state index is 0.716. The Morgan fingerprint density at radius 1 is 0.727 bits per heavy atom. The molecule has 0 amide bonds. The van der Waals surface area contributed by atoms with Gasteiger partial charge in [-0.05, 0) is 12.8 Å². The summed E-state index contributed by atoms with van der Waals surface area (Å²) in [5, 5.41) is 0. The molecule has 0 radical (unpaired) electrons. The minimum Gasteiger partial charge on any atom is -0.237 e. The van der Waals surface area contributed by atoms with Gasteiger partial charge in [0, 0.05) is 0 Å². The first-order chi connectivity index (χ1) is 5.41. The molecule has 0 aliphatic rings. The van der Waals surface area contributed by atoms with Gasteiger partial charge < -0.3 is 0 Å². The van der Waals surface area contributed by atoms with Gasteiger partial charge in [0.05, 0.1) is 13.2 Å². The Morgan fingerprint density at radius 2 is 1.45 bits per heavy atom. The molecule has 0 rings (SSSR count). The van der Waals surface area contributed by atoms with E-state index in [-0.39, 0.29) is 0 Å². The van der Waals surface area contributed by atoms with Gasteiger partial charge in [-0.2, -0.15) is 0 Å². The fraction of sp³-hybridized carbons (Fsp3) is 1.00. The molecule has 0 saturated carbocycles. The van der Waals surface area contributed by atoms with E-state index in [1.807, 2.05) is 0 Å². The van der Waals surface area contributed by atoms with Gasteiger partial charge in [-0.25, -0.2) is 9.78 Å². The van der Waals surface area contributed by atoms with Crippen LogP contribution in [0.1, 0.15) is 46.0 Å². The molecule has 11 heavy (non-hydrogen) atoms. The van der Waals surface area contributed by atoms with Crippen molar-refractivity contribution in [1.29, 1.82) is 0 Å². The molecule has 2 nitrogen and oxygen atoms in total. The third-order valence-corrected chi connectivity index (χ3v) is 1.45. The van der Waals surface area contributed by atoms with Crippen LogP contribution in [0, 0.1) is 0 Å². The molecular weight excluding hydrogens is 140 g/mol. The fourth-order valence-corrected chi connectivity index (χ4v) is 0.789. The summed E-state index contributed by atoms with van der Waals surface area (Å²) in [7, 11) is 0. The van der Waals surface area contributed by atoms with Gasteiger partial charge in [-0.1, -0.05) is 33.1 Å². The van der Waals surface area contributed by atoms with Crippen LogP contribution in [0.2, 0.25) is 0 Å². The van der Waals surface area contributed by atoms with E-state index >= 15 is 0 Å². The van der Waals surface area contributed by atoms with Crippen LogP contribution in [0.15, 0.2) is 0 Å². The highest BCUT2D eigenvalue weighted by Crippen LogP contribution is 1.98. The van der Waals surface area contributed by atoms with E-state index in [9.17, 15) is 0 Å². The second-order valence-electron chi connectivity index (χ2n) is 2.70. The smallest absolute Gasteiger partial charge is 0.0822 e. The molecule has 68 valence electrons. The zero-order chi connectivity index (χ0) is 8.36. The van der Waals surface area contributed by atoms with Crippen molar-refractivity contribution in [3.05, 3.63) is 0 Å². The molecule has 0 N–H and O–H groups in total. The van der Waals surface area contributed by atoms with Gasteiger partial charge in [0.2, 0.25) is 0 Å². The first-order valence-corrected chi connectivity index (χ1v) is 4.66. The van der Waals surface area contributed by atoms with E-state index in [1.54, 1.807) is 0 Å². The maximum absolute atomic E-state index is 4.92. The van der Waals surface area contributed by atoms with Gasteiger partial charge in [-0.15, -0.1) is 0 Å². The lowest BCUT2D eigenvalue weighted by atomic mass is 10.2. The lowest BCUT2D eigenvalue weighted by Crippen LogP contribution is -1.97. The molecule has 0 aliphatic heterocycles. The van der Waals surface area contributed by atoms with Crippen molar-refractivity contribution in [2.45, 2.75) is 46.0 Å². The van der Waals surface area contributed by atoms with Crippen molar-refractivity contribution in [1.82, 2.24) is 0 Å². The Labute approximate surface area is 69.8 Å². The molecule has 0 aromatic carbocycles. The van der Waals surface area contributed by atoms with Gasteiger partial charge in [0.1, 0.15) is 0 Å². The standard InChI is InChI=1S/C9H20O2/c1-3-5-6-7-9-11-10-8-4-2/h3-9H2,1-2H3. The van der Waals surface area contributed by atoms with Crippen LogP contribution >= 0.6 is 0 Å². The van der Waals surface area contributed by atoms with Crippen LogP contribution in [0.3, 0.4) is 0 Å². The van der Waals surface area contributed by atoms with E-state index in [4.69, 9.17) is 9.78 Å². The molecule has 0 bridgehead atoms. The van der Waals surface area contributed by atoms with Crippen molar-refractivity contribution in [2.24, 2.45) is 0 Å². The van der Waals surface area contributed by atoms with Gasteiger partial charge in [-0.3, -0.25) is 0 Å². The summed E-state index contributed by atoms with van der Waals surface area (Å²) in [5.41, 5.74) is 0. The van der Waals surface area contributed by atoms with E-state index in [1.165, 1.54) is 19.3 Å². The van der Waals surface area contributed by atoms with E-state index in [0.29, 0.717) is 6.61 Å². The van der Waals surface area contributed by atoms with Gasteiger partial charge >= 0.3 is 0 Å². The first-order valence-electron chi connectivity index (χ1n) is 4.66. The molecular formula is C9H20O2. The maximum Gasteiger partial charge on any atom is 0.0822 e. The summed E-state index contributed by atoms with van der Waals surface area (Å²) < 4.78 is 0. The molecule has 0 aromatic heterocycles. The van der Waals surface area contributed by atoms with Crippen molar-refractivity contribution >= 4 is 0 Å². The second kappa shape index (κ2) is 9.92. The van der Waals surface area contributed by atoms with Gasteiger partial charge in [0.15, 0.2) is 0 Å². The summed E-state index contributed by atoms with van der Waals surface area (Å²) in [6.45, 7) is 5.74. The minimum atomic E-state index is 0.716. The summed E-state index contributed by atoms with van der Waals surface area (Å²) in [6.07, 6.45) is 5.98. The molecule has 0 aliphatic carbocycles. The number of hydrogen-bond donors (Lipinski definition) is 0. The number of unbranched alkanes of at least 4 members (excludes halogenated alkanes) is 3. The highest BCUT2D eigenvalue weighted by atomic mass is 17.2. The molecule has 0 spiro atoms. The van der Waals surface area contributed by atoms with Crippen LogP contribution < -0.4 is 0 Å². The third kappa shape index (κ3) is 9.92. The first kappa shape index (κ1) is 10.9. The second-order valence-corrected chi connectivity index (χ2v) is 2.70. The Hall–Kier alpha value is -0.0800. The number of hydrogen-bond acceptors (Lipinski definition) is 2. The molecule has 2 heteroatoms. The fourth-order valence-electron chi connectivity index (χ4n) is 0.789. The highest BCUT2D eigenvalue weighted by Gasteiger charge is 1.88. The molecule has 0 fully saturated rings. The van der Waals surface area contributed by atoms with Crippen LogP contribution in [-0.2, 0) is 9.78 Å². The summed E-state index contributed by atoms with van der Waals surface area (Å²) in [6, 6.07) is 0. The van der Waals surface area contributed by atoms with Crippen molar-refractivity contribution in [3.63, 3.8) is 0 Å².